The fourth-order valence-electron chi connectivity index (χ4n) is 8.47. The zero-order valence-electron chi connectivity index (χ0n) is 20.3. The van der Waals surface area contributed by atoms with Crippen molar-refractivity contribution in [2.75, 3.05) is 7.05 Å². The fraction of sp³-hybridized carbons (Fsp3) is 0.552. The number of fused-ring (bicyclic) bond motifs is 9. The molecule has 4 aliphatic carbocycles. The van der Waals surface area contributed by atoms with Crippen LogP contribution in [0.3, 0.4) is 0 Å². The number of hydrogen-bond donors (Lipinski definition) is 0. The summed E-state index contributed by atoms with van der Waals surface area (Å²) in [5.41, 5.74) is 0.700. The number of rotatable bonds is 5. The summed E-state index contributed by atoms with van der Waals surface area (Å²) in [5, 5.41) is 0. The zero-order chi connectivity index (χ0) is 26.3. The van der Waals surface area contributed by atoms with E-state index < -0.39 is 29.3 Å². The van der Waals surface area contributed by atoms with Crippen molar-refractivity contribution in [1.29, 1.82) is 0 Å². The van der Waals surface area contributed by atoms with E-state index in [0.29, 0.717) is 11.5 Å². The van der Waals surface area contributed by atoms with Gasteiger partial charge in [0.1, 0.15) is 5.71 Å². The summed E-state index contributed by atoms with van der Waals surface area (Å²) < 4.78 is 93.5. The summed E-state index contributed by atoms with van der Waals surface area (Å²) in [5.74, 6) is -5.89. The minimum atomic E-state index is -6.41. The third-order valence-corrected chi connectivity index (χ3v) is 9.84. The lowest BCUT2D eigenvalue weighted by Crippen LogP contribution is -2.56. The summed E-state index contributed by atoms with van der Waals surface area (Å²) in [7, 11) is 0.775. The van der Waals surface area contributed by atoms with E-state index in [1.165, 1.54) is 49.8 Å². The average molecular weight is 524 g/mol. The normalized spacial score (nSPS) is 33.3. The first kappa shape index (κ1) is 24.9. The molecule has 1 nitrogen and oxygen atoms in total. The van der Waals surface area contributed by atoms with E-state index in [1.807, 2.05) is 12.1 Å². The number of alkyl halides is 7. The molecule has 8 heteroatoms. The lowest BCUT2D eigenvalue weighted by atomic mass is 9.66. The Morgan fingerprint density at radius 3 is 1.84 bits per heavy atom. The van der Waals surface area contributed by atoms with Crippen LogP contribution in [0.25, 0.3) is 11.1 Å². The molecule has 7 unspecified atom stereocenters. The van der Waals surface area contributed by atoms with Gasteiger partial charge in [0, 0.05) is 12.6 Å². The average Bonchev–Trinajstić information content (AvgIpc) is 3.64. The van der Waals surface area contributed by atoms with Gasteiger partial charge in [-0.25, -0.2) is 0 Å². The van der Waals surface area contributed by atoms with Crippen LogP contribution in [0.4, 0.5) is 30.7 Å². The highest BCUT2D eigenvalue weighted by Gasteiger charge is 2.75. The van der Waals surface area contributed by atoms with Gasteiger partial charge in [-0.3, -0.25) is 4.99 Å². The summed E-state index contributed by atoms with van der Waals surface area (Å²) in [4.78, 5) is 3.11. The molecule has 2 aromatic carbocycles. The molecular formula is C29H28F7N. The molecule has 7 atom stereocenters. The molecule has 4 saturated carbocycles. The molecular weight excluding hydrogens is 495 g/mol. The van der Waals surface area contributed by atoms with Gasteiger partial charge in [-0.1, -0.05) is 48.5 Å². The fourth-order valence-corrected chi connectivity index (χ4v) is 8.47. The van der Waals surface area contributed by atoms with Crippen LogP contribution in [0.15, 0.2) is 53.5 Å². The lowest BCUT2D eigenvalue weighted by molar-refractivity contribution is -0.336. The van der Waals surface area contributed by atoms with Crippen LogP contribution in [0.1, 0.15) is 49.1 Å². The van der Waals surface area contributed by atoms with Gasteiger partial charge < -0.3 is 0 Å². The van der Waals surface area contributed by atoms with Crippen LogP contribution in [-0.4, -0.2) is 30.8 Å². The van der Waals surface area contributed by atoms with Gasteiger partial charge in [0.05, 0.1) is 0 Å². The van der Waals surface area contributed by atoms with Crippen molar-refractivity contribution in [1.82, 2.24) is 0 Å². The Hall–Kier alpha value is -2.38. The van der Waals surface area contributed by atoms with E-state index >= 15 is 0 Å². The van der Waals surface area contributed by atoms with Crippen molar-refractivity contribution in [2.24, 2.45) is 40.5 Å². The molecule has 0 N–H and O–H groups in total. The minimum Gasteiger partial charge on any atom is -0.286 e. The highest BCUT2D eigenvalue weighted by atomic mass is 19.4. The van der Waals surface area contributed by atoms with Gasteiger partial charge in [-0.15, -0.1) is 0 Å². The number of nitrogens with zero attached hydrogens (tertiary/aromatic N) is 1. The minimum absolute atomic E-state index is 0.487. The molecule has 4 bridgehead atoms. The molecule has 0 aromatic heterocycles. The van der Waals surface area contributed by atoms with Crippen molar-refractivity contribution < 1.29 is 30.7 Å². The molecule has 0 amide bonds. The standard InChI is InChI=1S/C29H28F7N/c1-37-26(27(30,31)28(32,33)29(34,35)36)18-8-4-16(5-9-18)15-2-6-17(7-3-15)22-13-21-14-23(22)25-20-11-10-19(12-20)24(21)25/h2-9,19-25H,10-14H2,1H3. The first-order chi connectivity index (χ1) is 17.4. The predicted octanol–water partition coefficient (Wildman–Crippen LogP) is 8.39. The van der Waals surface area contributed by atoms with E-state index in [4.69, 9.17) is 0 Å². The Bertz CT molecular complexity index is 1200. The van der Waals surface area contributed by atoms with Crippen LogP contribution in [0.2, 0.25) is 0 Å². The van der Waals surface area contributed by atoms with Gasteiger partial charge >= 0.3 is 18.0 Å². The van der Waals surface area contributed by atoms with Crippen LogP contribution in [0.5, 0.6) is 0 Å². The molecule has 2 aromatic rings. The number of aliphatic imine (C=N–C) groups is 1. The lowest BCUT2D eigenvalue weighted by Gasteiger charge is -2.39. The SMILES string of the molecule is CN=C(c1ccc(-c2ccc(C3CC4CC3C3C5CCC(C5)C43)cc2)cc1)C(F)(F)C(F)(F)C(F)(F)F. The van der Waals surface area contributed by atoms with E-state index in [-0.39, 0.29) is 0 Å². The Morgan fingerprint density at radius 2 is 1.27 bits per heavy atom. The van der Waals surface area contributed by atoms with Crippen molar-refractivity contribution in [3.05, 3.63) is 59.7 Å². The van der Waals surface area contributed by atoms with Crippen LogP contribution in [0, 0.1) is 35.5 Å². The van der Waals surface area contributed by atoms with E-state index in [1.54, 1.807) is 0 Å². The largest absolute Gasteiger partial charge is 0.460 e. The van der Waals surface area contributed by atoms with Crippen LogP contribution in [-0.2, 0) is 0 Å². The predicted molar refractivity (Wildman–Crippen MR) is 127 cm³/mol. The van der Waals surface area contributed by atoms with Crippen molar-refractivity contribution in [3.8, 4) is 11.1 Å². The molecule has 37 heavy (non-hydrogen) atoms. The second kappa shape index (κ2) is 8.31. The molecule has 4 fully saturated rings. The van der Waals surface area contributed by atoms with Gasteiger partial charge in [-0.05, 0) is 90.2 Å². The maximum Gasteiger partial charge on any atom is 0.460 e. The second-order valence-corrected chi connectivity index (χ2v) is 11.4. The summed E-state index contributed by atoms with van der Waals surface area (Å²) in [6.45, 7) is 0. The smallest absolute Gasteiger partial charge is 0.286 e. The van der Waals surface area contributed by atoms with Crippen LogP contribution < -0.4 is 0 Å². The van der Waals surface area contributed by atoms with Gasteiger partial charge in [0.25, 0.3) is 0 Å². The van der Waals surface area contributed by atoms with Gasteiger partial charge in [0.2, 0.25) is 0 Å². The van der Waals surface area contributed by atoms with Crippen molar-refractivity contribution in [2.45, 2.75) is 56.0 Å². The second-order valence-electron chi connectivity index (χ2n) is 11.4. The monoisotopic (exact) mass is 523 g/mol. The Kier molecular flexibility index (Phi) is 5.60. The van der Waals surface area contributed by atoms with E-state index in [9.17, 15) is 30.7 Å². The highest BCUT2D eigenvalue weighted by molar-refractivity contribution is 6.06. The number of hydrogen-bond acceptors (Lipinski definition) is 1. The summed E-state index contributed by atoms with van der Waals surface area (Å²) in [6, 6.07) is 13.3. The number of benzene rings is 2. The first-order valence-electron chi connectivity index (χ1n) is 12.9. The summed E-state index contributed by atoms with van der Waals surface area (Å²) in [6.07, 6.45) is 0.413. The van der Waals surface area contributed by atoms with Crippen molar-refractivity contribution in [3.63, 3.8) is 0 Å². The summed E-state index contributed by atoms with van der Waals surface area (Å²) >= 11 is 0. The highest BCUT2D eigenvalue weighted by Crippen LogP contribution is 2.70. The van der Waals surface area contributed by atoms with Crippen molar-refractivity contribution >= 4 is 5.71 Å². The number of halogens is 7. The third kappa shape index (κ3) is 3.60. The third-order valence-electron chi connectivity index (χ3n) is 9.84. The van der Waals surface area contributed by atoms with E-state index in [0.717, 1.165) is 60.3 Å². The quantitative estimate of drug-likeness (QED) is 0.212. The molecule has 0 saturated heterocycles. The van der Waals surface area contributed by atoms with Gasteiger partial charge in [-0.2, -0.15) is 30.7 Å². The molecule has 198 valence electrons. The molecule has 0 aliphatic heterocycles. The Labute approximate surface area is 211 Å². The molecule has 0 spiro atoms. The van der Waals surface area contributed by atoms with E-state index in [2.05, 4.69) is 17.1 Å². The zero-order valence-corrected chi connectivity index (χ0v) is 20.3. The van der Waals surface area contributed by atoms with Crippen LogP contribution >= 0.6 is 0 Å². The van der Waals surface area contributed by atoms with Gasteiger partial charge in [0.15, 0.2) is 0 Å². The molecule has 0 radical (unpaired) electrons. The molecule has 6 rings (SSSR count). The first-order valence-corrected chi connectivity index (χ1v) is 12.9. The molecule has 4 aliphatic rings. The maximum absolute atomic E-state index is 14.3. The topological polar surface area (TPSA) is 12.4 Å². The Balaban J connectivity index is 1.19. The maximum atomic E-state index is 14.3. The Morgan fingerprint density at radius 1 is 0.703 bits per heavy atom. The molecule has 0 heterocycles.